The molecule has 1 saturated heterocycles. The third kappa shape index (κ3) is 9.53. The van der Waals surface area contributed by atoms with Crippen LogP contribution in [0.15, 0.2) is 60.7 Å². The minimum absolute atomic E-state index is 0.0213. The topological polar surface area (TPSA) is 117 Å². The fourth-order valence-electron chi connectivity index (χ4n) is 5.18. The number of rotatable bonds is 12. The molecule has 0 aliphatic carbocycles. The number of carbonyl (C=O) groups is 1. The Labute approximate surface area is 260 Å². The van der Waals surface area contributed by atoms with E-state index in [-0.39, 0.29) is 36.4 Å². The van der Waals surface area contributed by atoms with Gasteiger partial charge in [-0.1, -0.05) is 18.2 Å². The van der Waals surface area contributed by atoms with E-state index in [1.54, 1.807) is 12.1 Å². The lowest BCUT2D eigenvalue weighted by Gasteiger charge is -2.47. The first-order valence-electron chi connectivity index (χ1n) is 14.5. The van der Waals surface area contributed by atoms with Crippen molar-refractivity contribution in [1.82, 2.24) is 10.6 Å². The molecule has 1 aliphatic rings. The average Bonchev–Trinajstić information content (AvgIpc) is 2.95. The smallest absolute Gasteiger partial charge is 0.390 e. The maximum Gasteiger partial charge on any atom is 0.416 e. The molecular weight excluding hydrogens is 619 g/mol. The lowest BCUT2D eigenvalue weighted by molar-refractivity contribution is -0.137. The van der Waals surface area contributed by atoms with Crippen LogP contribution in [0.5, 0.6) is 0 Å². The van der Waals surface area contributed by atoms with Crippen molar-refractivity contribution < 1.29 is 41.0 Å². The van der Waals surface area contributed by atoms with Crippen LogP contribution in [0.2, 0.25) is 0 Å². The number of anilines is 2. The van der Waals surface area contributed by atoms with Gasteiger partial charge in [0.25, 0.3) is 5.91 Å². The van der Waals surface area contributed by atoms with Crippen molar-refractivity contribution in [2.45, 2.75) is 51.1 Å². The normalized spacial score (nSPS) is 17.0. The Kier molecular flexibility index (Phi) is 11.3. The maximum absolute atomic E-state index is 14.0. The van der Waals surface area contributed by atoms with Gasteiger partial charge in [-0.15, -0.1) is 10.8 Å². The first-order valence-corrected chi connectivity index (χ1v) is 16.2. The Morgan fingerprint density at radius 2 is 1.73 bits per heavy atom. The van der Waals surface area contributed by atoms with Gasteiger partial charge in [0.2, 0.25) is 0 Å². The molecule has 1 heterocycles. The number of carbonyl (C=O) groups excluding carboxylic acids is 1. The van der Waals surface area contributed by atoms with Crippen molar-refractivity contribution in [3.63, 3.8) is 0 Å². The molecule has 246 valence electrons. The number of benzene rings is 3. The van der Waals surface area contributed by atoms with E-state index in [1.165, 1.54) is 22.5 Å². The van der Waals surface area contributed by atoms with Gasteiger partial charge in [0.15, 0.2) is 0 Å². The second-order valence-corrected chi connectivity index (χ2v) is 13.0. The monoisotopic (exact) mass is 656 g/mol. The summed E-state index contributed by atoms with van der Waals surface area (Å²) in [5.74, 6) is -2.11. The number of hydrogen-bond donors (Lipinski definition) is 6. The SMILES string of the molecule is CCNc1cc(C(=O)N[C@@H](Cc2cc(F)cc(F)c2)[C@@H](O)CNCc2cccc(C(F)(F)F)c2)cc(N2CCCCS2(O)O)c1. The highest BCUT2D eigenvalue weighted by molar-refractivity contribution is 8.25. The average molecular weight is 657 g/mol. The molecular formula is C31H37F5N4O4S. The molecule has 0 saturated carbocycles. The second-order valence-electron chi connectivity index (χ2n) is 10.9. The predicted octanol–water partition coefficient (Wildman–Crippen LogP) is 6.17. The molecule has 4 rings (SSSR count). The number of nitrogens with one attached hydrogen (secondary N) is 3. The number of nitrogens with zero attached hydrogens (tertiary/aromatic N) is 1. The standard InChI is InChI=1S/C31H37F5N4O4S/c1-2-38-26-14-22(15-27(17-26)40-8-3-4-9-45(40,43)44)30(42)39-28(13-21-11-24(32)16-25(33)12-21)29(41)19-37-18-20-6-5-7-23(10-20)31(34,35)36/h5-7,10-12,14-17,28-29,37-38,41,43-44H,2-4,8-9,13,18-19H2,1H3,(H,39,42)/t28-,29-/m0/s1. The zero-order valence-corrected chi connectivity index (χ0v) is 25.4. The van der Waals surface area contributed by atoms with E-state index < -0.39 is 52.2 Å². The Morgan fingerprint density at radius 3 is 2.40 bits per heavy atom. The van der Waals surface area contributed by atoms with Gasteiger partial charge in [-0.25, -0.2) is 8.78 Å². The summed E-state index contributed by atoms with van der Waals surface area (Å²) in [6, 6.07) is 11.3. The fourth-order valence-corrected chi connectivity index (χ4v) is 6.86. The molecule has 8 nitrogen and oxygen atoms in total. The second kappa shape index (κ2) is 14.8. The van der Waals surface area contributed by atoms with Crippen LogP contribution in [0.25, 0.3) is 0 Å². The zero-order valence-electron chi connectivity index (χ0n) is 24.6. The van der Waals surface area contributed by atoms with Gasteiger partial charge in [0.05, 0.1) is 29.1 Å². The molecule has 3 aromatic rings. The van der Waals surface area contributed by atoms with Gasteiger partial charge in [-0.05, 0) is 73.7 Å². The number of alkyl halides is 3. The number of aliphatic hydroxyl groups is 1. The van der Waals surface area contributed by atoms with E-state index in [9.17, 15) is 41.0 Å². The highest BCUT2D eigenvalue weighted by Gasteiger charge is 2.31. The molecule has 14 heteroatoms. The number of hydrogen-bond acceptors (Lipinski definition) is 7. The van der Waals surface area contributed by atoms with Crippen molar-refractivity contribution >= 4 is 28.1 Å². The van der Waals surface area contributed by atoms with E-state index >= 15 is 0 Å². The van der Waals surface area contributed by atoms with Crippen LogP contribution in [-0.2, 0) is 19.1 Å². The molecule has 0 radical (unpaired) electrons. The van der Waals surface area contributed by atoms with Gasteiger partial charge < -0.3 is 21.1 Å². The summed E-state index contributed by atoms with van der Waals surface area (Å²) in [6.45, 7) is 2.56. The Morgan fingerprint density at radius 1 is 1.00 bits per heavy atom. The Hall–Kier alpha value is -3.43. The van der Waals surface area contributed by atoms with Gasteiger partial charge in [0.1, 0.15) is 11.6 Å². The summed E-state index contributed by atoms with van der Waals surface area (Å²) < 4.78 is 90.1. The minimum atomic E-state index is -4.51. The van der Waals surface area contributed by atoms with Crippen molar-refractivity contribution in [2.75, 3.05) is 35.0 Å². The van der Waals surface area contributed by atoms with Gasteiger partial charge in [-0.3, -0.25) is 18.2 Å². The van der Waals surface area contributed by atoms with Crippen molar-refractivity contribution in [1.29, 1.82) is 0 Å². The first-order chi connectivity index (χ1) is 21.2. The lowest BCUT2D eigenvalue weighted by atomic mass is 9.99. The predicted molar refractivity (Wildman–Crippen MR) is 165 cm³/mol. The molecule has 1 amide bonds. The first kappa shape index (κ1) is 34.4. The van der Waals surface area contributed by atoms with Crippen LogP contribution in [-0.4, -0.2) is 57.7 Å². The van der Waals surface area contributed by atoms with E-state index in [2.05, 4.69) is 16.0 Å². The van der Waals surface area contributed by atoms with Crippen LogP contribution in [0.4, 0.5) is 33.3 Å². The molecule has 45 heavy (non-hydrogen) atoms. The molecule has 0 aromatic heterocycles. The van der Waals surface area contributed by atoms with E-state index in [0.29, 0.717) is 42.5 Å². The van der Waals surface area contributed by atoms with E-state index in [4.69, 9.17) is 0 Å². The van der Waals surface area contributed by atoms with Crippen LogP contribution in [0, 0.1) is 11.6 Å². The van der Waals surface area contributed by atoms with Crippen LogP contribution in [0.3, 0.4) is 0 Å². The maximum atomic E-state index is 14.0. The highest BCUT2D eigenvalue weighted by atomic mass is 32.3. The number of halogens is 5. The molecule has 2 atom stereocenters. The Balaban J connectivity index is 1.55. The molecule has 1 aliphatic heterocycles. The van der Waals surface area contributed by atoms with Crippen LogP contribution in [0.1, 0.15) is 46.8 Å². The molecule has 1 fully saturated rings. The zero-order chi connectivity index (χ0) is 32.8. The third-order valence-corrected chi connectivity index (χ3v) is 9.26. The fraction of sp³-hybridized carbons (Fsp3) is 0.387. The van der Waals surface area contributed by atoms with Crippen LogP contribution < -0.4 is 20.3 Å². The molecule has 6 N–H and O–H groups in total. The lowest BCUT2D eigenvalue weighted by Crippen LogP contribution is -2.48. The quantitative estimate of drug-likeness (QED) is 0.129. The summed E-state index contributed by atoms with van der Waals surface area (Å²) in [4.78, 5) is 13.6. The van der Waals surface area contributed by atoms with Crippen molar-refractivity contribution in [3.8, 4) is 0 Å². The van der Waals surface area contributed by atoms with Gasteiger partial charge >= 0.3 is 6.18 Å². The molecule has 0 unspecified atom stereocenters. The summed E-state index contributed by atoms with van der Waals surface area (Å²) >= 11 is 0. The van der Waals surface area contributed by atoms with Crippen molar-refractivity contribution in [3.05, 3.63) is 94.6 Å². The van der Waals surface area contributed by atoms with Gasteiger partial charge in [-0.2, -0.15) is 13.2 Å². The Bertz CT molecular complexity index is 1460. The molecule has 0 spiro atoms. The highest BCUT2D eigenvalue weighted by Crippen LogP contribution is 2.50. The third-order valence-electron chi connectivity index (χ3n) is 7.33. The molecule has 0 bridgehead atoms. The molecule has 3 aromatic carbocycles. The van der Waals surface area contributed by atoms with E-state index in [1.807, 2.05) is 6.92 Å². The minimum Gasteiger partial charge on any atom is -0.390 e. The van der Waals surface area contributed by atoms with E-state index in [0.717, 1.165) is 30.7 Å². The summed E-state index contributed by atoms with van der Waals surface area (Å²) in [6.07, 6.45) is -4.62. The summed E-state index contributed by atoms with van der Waals surface area (Å²) in [5, 5.41) is 19.8. The number of aliphatic hydroxyl groups excluding tert-OH is 1. The van der Waals surface area contributed by atoms with Crippen molar-refractivity contribution in [2.24, 2.45) is 0 Å². The van der Waals surface area contributed by atoms with Crippen LogP contribution >= 0.6 is 10.8 Å². The van der Waals surface area contributed by atoms with Gasteiger partial charge in [0, 0.05) is 43.5 Å². The summed E-state index contributed by atoms with van der Waals surface area (Å²) in [5.41, 5.74) is 0.785. The largest absolute Gasteiger partial charge is 0.416 e. The summed E-state index contributed by atoms with van der Waals surface area (Å²) in [7, 11) is -3.09. The number of amides is 1.